The Hall–Kier alpha value is -4.60. The minimum Gasteiger partial charge on any atom is -0.208 e. The number of rotatable bonds is 8. The summed E-state index contributed by atoms with van der Waals surface area (Å²) in [5.74, 6) is 1.69. The van der Waals surface area contributed by atoms with Gasteiger partial charge in [0.2, 0.25) is 0 Å². The third-order valence-corrected chi connectivity index (χ3v) is 5.66. The predicted octanol–water partition coefficient (Wildman–Crippen LogP) is 9.84. The molecule has 1 aromatic heterocycles. The molecule has 0 aliphatic carbocycles. The minimum absolute atomic E-state index is 0.552. The zero-order valence-corrected chi connectivity index (χ0v) is 23.1. The average Bonchev–Trinajstić information content (AvgIpc) is 2.98. The number of nitrogens with zero attached hydrogens (tertiary/aromatic N) is 3. The molecular weight excluding hydrogens is 498 g/mol. The van der Waals surface area contributed by atoms with Crippen molar-refractivity contribution in [3.8, 4) is 22.5 Å². The zero-order valence-electron chi connectivity index (χ0n) is 22.3. The van der Waals surface area contributed by atoms with E-state index < -0.39 is 0 Å². The lowest BCUT2D eigenvalue weighted by Gasteiger charge is -2.10. The molecule has 3 aromatic carbocycles. The average molecular weight is 530 g/mol. The van der Waals surface area contributed by atoms with E-state index in [9.17, 15) is 0 Å². The molecule has 0 bridgehead atoms. The molecule has 0 saturated heterocycles. The van der Waals surface area contributed by atoms with Crippen LogP contribution in [0.15, 0.2) is 147 Å². The standard InChI is InChI=1S/C29H26ClN3.C6H6/c1-5-9-14-21(8-4)27-31-28(22(12-6-2)13-7-3)33-29(32-27)25-17-10-15-23(19-25)24-16-11-18-26(30)20-24;1-2-4-6-5-3-1/h5-20H,2,4H2,1,3H3;1-6H/b9-5-,13-7-,21-14+,22-12+;. The van der Waals surface area contributed by atoms with Crippen molar-refractivity contribution in [2.45, 2.75) is 13.8 Å². The first-order chi connectivity index (χ1) is 19.1. The van der Waals surface area contributed by atoms with Gasteiger partial charge in [0.05, 0.1) is 0 Å². The molecule has 4 rings (SSSR count). The van der Waals surface area contributed by atoms with E-state index in [0.717, 1.165) is 27.8 Å². The van der Waals surface area contributed by atoms with Gasteiger partial charge in [0.25, 0.3) is 0 Å². The van der Waals surface area contributed by atoms with Gasteiger partial charge in [-0.25, -0.2) is 15.0 Å². The number of hydrogen-bond acceptors (Lipinski definition) is 3. The van der Waals surface area contributed by atoms with Crippen LogP contribution in [0.3, 0.4) is 0 Å². The monoisotopic (exact) mass is 529 g/mol. The highest BCUT2D eigenvalue weighted by atomic mass is 35.5. The second-order valence-corrected chi connectivity index (χ2v) is 8.70. The SMILES string of the molecule is C=C/C=C(\C=C/C)c1nc(/C(C=C)=C/C=C\C)nc(-c2cccc(-c3cccc(Cl)c3)c2)n1.c1ccccc1. The summed E-state index contributed by atoms with van der Waals surface area (Å²) >= 11 is 6.20. The van der Waals surface area contributed by atoms with E-state index in [4.69, 9.17) is 26.6 Å². The molecule has 0 aliphatic rings. The van der Waals surface area contributed by atoms with Gasteiger partial charge in [0.15, 0.2) is 17.5 Å². The first-order valence-corrected chi connectivity index (χ1v) is 13.0. The van der Waals surface area contributed by atoms with Crippen LogP contribution in [0.4, 0.5) is 0 Å². The molecule has 0 saturated carbocycles. The molecule has 0 unspecified atom stereocenters. The Morgan fingerprint density at radius 3 is 1.82 bits per heavy atom. The summed E-state index contributed by atoms with van der Waals surface area (Å²) in [7, 11) is 0. The molecule has 0 amide bonds. The van der Waals surface area contributed by atoms with Crippen LogP contribution in [0.2, 0.25) is 5.02 Å². The zero-order chi connectivity index (χ0) is 27.9. The van der Waals surface area contributed by atoms with E-state index in [1.54, 1.807) is 12.2 Å². The molecule has 0 atom stereocenters. The van der Waals surface area contributed by atoms with Crippen molar-refractivity contribution in [2.24, 2.45) is 0 Å². The maximum absolute atomic E-state index is 6.20. The molecule has 0 fully saturated rings. The molecule has 0 spiro atoms. The van der Waals surface area contributed by atoms with Crippen molar-refractivity contribution in [1.82, 2.24) is 15.0 Å². The summed E-state index contributed by atoms with van der Waals surface area (Å²) in [6.45, 7) is 11.7. The molecule has 0 aliphatic heterocycles. The molecule has 194 valence electrons. The largest absolute Gasteiger partial charge is 0.208 e. The fourth-order valence-electron chi connectivity index (χ4n) is 3.60. The van der Waals surface area contributed by atoms with E-state index >= 15 is 0 Å². The Morgan fingerprint density at radius 2 is 1.26 bits per heavy atom. The fourth-order valence-corrected chi connectivity index (χ4v) is 3.79. The van der Waals surface area contributed by atoms with E-state index in [1.807, 2.05) is 129 Å². The normalized spacial score (nSPS) is 11.8. The lowest BCUT2D eigenvalue weighted by atomic mass is 10.0. The highest BCUT2D eigenvalue weighted by Gasteiger charge is 2.13. The van der Waals surface area contributed by atoms with Crippen LogP contribution in [-0.2, 0) is 0 Å². The van der Waals surface area contributed by atoms with Crippen molar-refractivity contribution in [2.75, 3.05) is 0 Å². The molecule has 0 N–H and O–H groups in total. The van der Waals surface area contributed by atoms with Gasteiger partial charge in [-0.05, 0) is 43.2 Å². The Bertz CT molecular complexity index is 1490. The van der Waals surface area contributed by atoms with Gasteiger partial charge in [-0.2, -0.15) is 0 Å². The number of allylic oxidation sites excluding steroid dienone is 10. The van der Waals surface area contributed by atoms with E-state index in [2.05, 4.69) is 19.2 Å². The van der Waals surface area contributed by atoms with Crippen LogP contribution >= 0.6 is 11.6 Å². The Morgan fingerprint density at radius 1 is 0.667 bits per heavy atom. The first-order valence-electron chi connectivity index (χ1n) is 12.6. The summed E-state index contributed by atoms with van der Waals surface area (Å²) < 4.78 is 0. The molecule has 0 radical (unpaired) electrons. The van der Waals surface area contributed by atoms with Gasteiger partial charge in [-0.3, -0.25) is 0 Å². The predicted molar refractivity (Wildman–Crippen MR) is 168 cm³/mol. The molecule has 4 heteroatoms. The minimum atomic E-state index is 0.552. The number of hydrogen-bond donors (Lipinski definition) is 0. The Balaban J connectivity index is 0.000000617. The van der Waals surface area contributed by atoms with Crippen LogP contribution in [0.5, 0.6) is 0 Å². The van der Waals surface area contributed by atoms with Gasteiger partial charge in [-0.1, -0.05) is 140 Å². The smallest absolute Gasteiger partial charge is 0.164 e. The quantitative estimate of drug-likeness (QED) is 0.213. The third kappa shape index (κ3) is 8.74. The van der Waals surface area contributed by atoms with Crippen molar-refractivity contribution >= 4 is 22.7 Å². The second kappa shape index (κ2) is 15.6. The maximum Gasteiger partial charge on any atom is 0.164 e. The van der Waals surface area contributed by atoms with Gasteiger partial charge in [-0.15, -0.1) is 0 Å². The molecular formula is C35H32ClN3. The fraction of sp³-hybridized carbons (Fsp3) is 0.0571. The van der Waals surface area contributed by atoms with Gasteiger partial charge >= 0.3 is 0 Å². The van der Waals surface area contributed by atoms with Gasteiger partial charge in [0, 0.05) is 21.7 Å². The molecule has 39 heavy (non-hydrogen) atoms. The van der Waals surface area contributed by atoms with Crippen molar-refractivity contribution < 1.29 is 0 Å². The van der Waals surface area contributed by atoms with Crippen molar-refractivity contribution in [3.05, 3.63) is 163 Å². The third-order valence-electron chi connectivity index (χ3n) is 5.43. The summed E-state index contributed by atoms with van der Waals surface area (Å²) in [6, 6.07) is 27.9. The number of benzene rings is 3. The van der Waals surface area contributed by atoms with Crippen LogP contribution in [0.25, 0.3) is 33.7 Å². The topological polar surface area (TPSA) is 38.7 Å². The van der Waals surface area contributed by atoms with E-state index in [-0.39, 0.29) is 0 Å². The summed E-state index contributed by atoms with van der Waals surface area (Å²) in [5.41, 5.74) is 4.59. The second-order valence-electron chi connectivity index (χ2n) is 8.26. The van der Waals surface area contributed by atoms with Crippen molar-refractivity contribution in [3.63, 3.8) is 0 Å². The Kier molecular flexibility index (Phi) is 11.6. The lowest BCUT2D eigenvalue weighted by Crippen LogP contribution is -2.04. The maximum atomic E-state index is 6.20. The van der Waals surface area contributed by atoms with Crippen LogP contribution in [-0.4, -0.2) is 15.0 Å². The molecule has 4 aromatic rings. The van der Waals surface area contributed by atoms with E-state index in [1.165, 1.54) is 0 Å². The van der Waals surface area contributed by atoms with Crippen LogP contribution < -0.4 is 0 Å². The van der Waals surface area contributed by atoms with Crippen LogP contribution in [0.1, 0.15) is 25.5 Å². The molecule has 1 heterocycles. The van der Waals surface area contributed by atoms with Gasteiger partial charge in [0.1, 0.15) is 0 Å². The van der Waals surface area contributed by atoms with E-state index in [0.29, 0.717) is 22.5 Å². The Labute approximate surface area is 237 Å². The highest BCUT2D eigenvalue weighted by Crippen LogP contribution is 2.28. The summed E-state index contributed by atoms with van der Waals surface area (Å²) in [6.07, 6.45) is 15.1. The number of halogens is 1. The van der Waals surface area contributed by atoms with Crippen LogP contribution in [0, 0.1) is 0 Å². The summed E-state index contributed by atoms with van der Waals surface area (Å²) in [4.78, 5) is 14.3. The van der Waals surface area contributed by atoms with Gasteiger partial charge < -0.3 is 0 Å². The first kappa shape index (κ1) is 29.0. The van der Waals surface area contributed by atoms with Crippen molar-refractivity contribution in [1.29, 1.82) is 0 Å². The summed E-state index contributed by atoms with van der Waals surface area (Å²) in [5, 5.41) is 0.693. The number of aromatic nitrogens is 3. The lowest BCUT2D eigenvalue weighted by molar-refractivity contribution is 1.00. The highest BCUT2D eigenvalue weighted by molar-refractivity contribution is 6.30. The molecule has 3 nitrogen and oxygen atoms in total.